The third kappa shape index (κ3) is 4.14. The lowest BCUT2D eigenvalue weighted by molar-refractivity contribution is 0.164. The zero-order valence-corrected chi connectivity index (χ0v) is 16.5. The van der Waals surface area contributed by atoms with Gasteiger partial charge in [-0.25, -0.2) is 4.39 Å². The third-order valence-electron chi connectivity index (χ3n) is 5.35. The maximum atomic E-state index is 13.3. The van der Waals surface area contributed by atoms with Gasteiger partial charge in [0.2, 0.25) is 0 Å². The topological polar surface area (TPSA) is 28.4 Å². The third-order valence-corrected chi connectivity index (χ3v) is 5.58. The number of piperidine rings is 1. The summed E-state index contributed by atoms with van der Waals surface area (Å²) in [7, 11) is 0. The molecule has 0 atom stereocenters. The van der Waals surface area contributed by atoms with Crippen LogP contribution >= 0.6 is 24.0 Å². The number of halogens is 3. The van der Waals surface area contributed by atoms with Gasteiger partial charge >= 0.3 is 0 Å². The van der Waals surface area contributed by atoms with Crippen LogP contribution in [-0.2, 0) is 0 Å². The van der Waals surface area contributed by atoms with Gasteiger partial charge in [0.05, 0.1) is 12.1 Å². The molecular weight excluding hydrogens is 386 g/mol. The zero-order chi connectivity index (χ0) is 18.1. The first-order chi connectivity index (χ1) is 12.7. The molecule has 27 heavy (non-hydrogen) atoms. The van der Waals surface area contributed by atoms with Crippen LogP contribution in [0.15, 0.2) is 48.7 Å². The van der Waals surface area contributed by atoms with Crippen LogP contribution in [0.1, 0.15) is 24.3 Å². The van der Waals surface area contributed by atoms with E-state index in [1.807, 2.05) is 18.2 Å². The van der Waals surface area contributed by atoms with E-state index in [9.17, 15) is 4.39 Å². The van der Waals surface area contributed by atoms with E-state index in [-0.39, 0.29) is 24.8 Å². The van der Waals surface area contributed by atoms with E-state index in [1.54, 1.807) is 12.1 Å². The molecule has 1 aromatic heterocycles. The molecule has 3 nitrogen and oxygen atoms in total. The Balaban J connectivity index is 0.00000210. The highest BCUT2D eigenvalue weighted by Gasteiger charge is 2.24. The summed E-state index contributed by atoms with van der Waals surface area (Å²) in [6.45, 7) is 2.95. The molecule has 0 aliphatic carbocycles. The van der Waals surface area contributed by atoms with Crippen LogP contribution in [0.3, 0.4) is 0 Å². The molecule has 3 aromatic rings. The van der Waals surface area contributed by atoms with Crippen molar-refractivity contribution in [1.29, 1.82) is 0 Å². The quantitative estimate of drug-likeness (QED) is 0.656. The van der Waals surface area contributed by atoms with Gasteiger partial charge in [-0.2, -0.15) is 0 Å². The SMILES string of the molecule is Cl.OCCN1CCC(c2cn(-c3ccc(F)cc3)c3ccc(Cl)cc23)CC1. The highest BCUT2D eigenvalue weighted by Crippen LogP contribution is 2.36. The molecule has 2 heterocycles. The van der Waals surface area contributed by atoms with Crippen LogP contribution in [-0.4, -0.2) is 40.8 Å². The average Bonchev–Trinajstić information content (AvgIpc) is 3.02. The normalized spacial score (nSPS) is 15.8. The Morgan fingerprint density at radius 3 is 2.44 bits per heavy atom. The number of aliphatic hydroxyl groups excluding tert-OH is 1. The van der Waals surface area contributed by atoms with Gasteiger partial charge in [-0.05, 0) is 79.9 Å². The summed E-state index contributed by atoms with van der Waals surface area (Å²) in [4.78, 5) is 2.31. The van der Waals surface area contributed by atoms with Gasteiger partial charge in [0.1, 0.15) is 5.82 Å². The molecule has 1 saturated heterocycles. The summed E-state index contributed by atoms with van der Waals surface area (Å²) in [5, 5.41) is 11.0. The van der Waals surface area contributed by atoms with Crippen molar-refractivity contribution in [3.63, 3.8) is 0 Å². The molecule has 4 rings (SSSR count). The van der Waals surface area contributed by atoms with Gasteiger partial charge in [0.25, 0.3) is 0 Å². The fourth-order valence-corrected chi connectivity index (χ4v) is 4.15. The number of hydrogen-bond acceptors (Lipinski definition) is 2. The van der Waals surface area contributed by atoms with Crippen LogP contribution < -0.4 is 0 Å². The van der Waals surface area contributed by atoms with Crippen LogP contribution in [0, 0.1) is 5.82 Å². The highest BCUT2D eigenvalue weighted by molar-refractivity contribution is 6.31. The fourth-order valence-electron chi connectivity index (χ4n) is 3.98. The first-order valence-corrected chi connectivity index (χ1v) is 9.43. The van der Waals surface area contributed by atoms with E-state index >= 15 is 0 Å². The predicted octanol–water partition coefficient (Wildman–Crippen LogP) is 5.02. The molecule has 0 unspecified atom stereocenters. The van der Waals surface area contributed by atoms with Crippen molar-refractivity contribution in [2.45, 2.75) is 18.8 Å². The van der Waals surface area contributed by atoms with Gasteiger partial charge in [0.15, 0.2) is 0 Å². The number of β-amino-alcohol motifs (C(OH)–C–C–N with tert-alkyl or cyclic N) is 1. The number of rotatable bonds is 4. The molecule has 2 aromatic carbocycles. The minimum atomic E-state index is -0.232. The van der Waals surface area contributed by atoms with E-state index in [2.05, 4.69) is 15.7 Å². The van der Waals surface area contributed by atoms with Crippen molar-refractivity contribution in [3.8, 4) is 5.69 Å². The summed E-state index contributed by atoms with van der Waals surface area (Å²) in [6, 6.07) is 12.6. The molecule has 0 amide bonds. The van der Waals surface area contributed by atoms with Gasteiger partial charge < -0.3 is 14.6 Å². The molecule has 144 valence electrons. The Morgan fingerprint density at radius 2 is 1.78 bits per heavy atom. The summed E-state index contributed by atoms with van der Waals surface area (Å²) >= 11 is 6.28. The molecule has 1 N–H and O–H groups in total. The van der Waals surface area contributed by atoms with Crippen LogP contribution in [0.25, 0.3) is 16.6 Å². The number of likely N-dealkylation sites (tertiary alicyclic amines) is 1. The molecule has 0 spiro atoms. The number of hydrogen-bond donors (Lipinski definition) is 1. The minimum absolute atomic E-state index is 0. The maximum absolute atomic E-state index is 13.3. The Labute approximate surface area is 169 Å². The van der Waals surface area contributed by atoms with Crippen LogP contribution in [0.5, 0.6) is 0 Å². The Hall–Kier alpha value is -1.59. The lowest BCUT2D eigenvalue weighted by Gasteiger charge is -2.31. The van der Waals surface area contributed by atoms with E-state index in [0.717, 1.165) is 48.7 Å². The van der Waals surface area contributed by atoms with E-state index in [0.29, 0.717) is 5.92 Å². The molecule has 0 radical (unpaired) electrons. The van der Waals surface area contributed by atoms with E-state index in [1.165, 1.54) is 23.1 Å². The van der Waals surface area contributed by atoms with Crippen molar-refractivity contribution in [2.75, 3.05) is 26.2 Å². The summed E-state index contributed by atoms with van der Waals surface area (Å²) in [5.74, 6) is 0.234. The molecule has 0 bridgehead atoms. The largest absolute Gasteiger partial charge is 0.395 e. The van der Waals surface area contributed by atoms with Gasteiger partial charge in [-0.1, -0.05) is 11.6 Å². The first kappa shape index (κ1) is 20.2. The number of aliphatic hydroxyl groups is 1. The van der Waals surface area contributed by atoms with Crippen LogP contribution in [0.2, 0.25) is 5.02 Å². The summed E-state index contributed by atoms with van der Waals surface area (Å²) in [5.41, 5.74) is 3.34. The fraction of sp³-hybridized carbons (Fsp3) is 0.333. The second-order valence-corrected chi connectivity index (χ2v) is 7.37. The lowest BCUT2D eigenvalue weighted by atomic mass is 9.89. The second-order valence-electron chi connectivity index (χ2n) is 6.93. The van der Waals surface area contributed by atoms with Crippen molar-refractivity contribution < 1.29 is 9.50 Å². The highest BCUT2D eigenvalue weighted by atomic mass is 35.5. The molecule has 1 aliphatic rings. The number of fused-ring (bicyclic) bond motifs is 1. The smallest absolute Gasteiger partial charge is 0.123 e. The Morgan fingerprint density at radius 1 is 1.07 bits per heavy atom. The summed E-state index contributed by atoms with van der Waals surface area (Å²) in [6.07, 6.45) is 4.31. The lowest BCUT2D eigenvalue weighted by Crippen LogP contribution is -2.34. The van der Waals surface area contributed by atoms with Crippen molar-refractivity contribution in [1.82, 2.24) is 9.47 Å². The monoisotopic (exact) mass is 408 g/mol. The Bertz CT molecular complexity index is 902. The maximum Gasteiger partial charge on any atom is 0.123 e. The summed E-state index contributed by atoms with van der Waals surface area (Å²) < 4.78 is 15.4. The zero-order valence-electron chi connectivity index (χ0n) is 14.9. The number of nitrogens with zero attached hydrogens (tertiary/aromatic N) is 2. The average molecular weight is 409 g/mol. The Kier molecular flexibility index (Phi) is 6.43. The molecule has 1 fully saturated rings. The van der Waals surface area contributed by atoms with Crippen LogP contribution in [0.4, 0.5) is 4.39 Å². The molecule has 6 heteroatoms. The van der Waals surface area contributed by atoms with Crippen molar-refractivity contribution in [2.24, 2.45) is 0 Å². The molecular formula is C21H23Cl2FN2O. The second kappa shape index (κ2) is 8.61. The van der Waals surface area contributed by atoms with Crippen molar-refractivity contribution >= 4 is 34.9 Å². The van der Waals surface area contributed by atoms with E-state index in [4.69, 9.17) is 16.7 Å². The molecule has 0 saturated carbocycles. The van der Waals surface area contributed by atoms with Gasteiger partial charge in [-0.3, -0.25) is 0 Å². The standard InChI is InChI=1S/C21H22ClFN2O.ClH/c22-16-1-6-21-19(13-16)20(15-7-9-24(10-8-15)11-12-26)14-25(21)18-4-2-17(23)3-5-18;/h1-6,13-15,26H,7-12H2;1H. The minimum Gasteiger partial charge on any atom is -0.395 e. The number of aromatic nitrogens is 1. The molecule has 1 aliphatic heterocycles. The van der Waals surface area contributed by atoms with Crippen molar-refractivity contribution in [3.05, 3.63) is 65.1 Å². The first-order valence-electron chi connectivity index (χ1n) is 9.05. The van der Waals surface area contributed by atoms with Gasteiger partial charge in [-0.15, -0.1) is 12.4 Å². The number of benzene rings is 2. The van der Waals surface area contributed by atoms with E-state index < -0.39 is 0 Å². The van der Waals surface area contributed by atoms with Gasteiger partial charge in [0, 0.05) is 28.8 Å². The predicted molar refractivity (Wildman–Crippen MR) is 111 cm³/mol.